The minimum atomic E-state index is -0.738. The van der Waals surface area contributed by atoms with Gasteiger partial charge in [0.15, 0.2) is 0 Å². The summed E-state index contributed by atoms with van der Waals surface area (Å²) in [5.74, 6) is -0.360. The van der Waals surface area contributed by atoms with Gasteiger partial charge < -0.3 is 15.4 Å². The van der Waals surface area contributed by atoms with Crippen LogP contribution in [0, 0.1) is 5.92 Å². The minimum Gasteiger partial charge on any atom is -0.468 e. The van der Waals surface area contributed by atoms with Crippen molar-refractivity contribution in [2.24, 2.45) is 13.0 Å². The molecule has 1 saturated heterocycles. The fourth-order valence-electron chi connectivity index (χ4n) is 3.51. The number of hydrogen-bond acceptors (Lipinski definition) is 5. The fraction of sp³-hybridized carbons (Fsp3) is 0.450. The van der Waals surface area contributed by atoms with Crippen molar-refractivity contribution >= 4 is 17.6 Å². The summed E-state index contributed by atoms with van der Waals surface area (Å²) in [5.41, 5.74) is 1.88. The molecule has 1 amide bonds. The van der Waals surface area contributed by atoms with E-state index in [1.54, 1.807) is 4.68 Å². The van der Waals surface area contributed by atoms with Gasteiger partial charge in [-0.25, -0.2) is 0 Å². The Morgan fingerprint density at radius 1 is 1.26 bits per heavy atom. The van der Waals surface area contributed by atoms with Crippen molar-refractivity contribution in [3.63, 3.8) is 0 Å². The van der Waals surface area contributed by atoms with Gasteiger partial charge in [0.25, 0.3) is 0 Å². The molecule has 2 aromatic rings. The van der Waals surface area contributed by atoms with Crippen molar-refractivity contribution in [1.82, 2.24) is 15.1 Å². The first-order valence-electron chi connectivity index (χ1n) is 9.02. The Morgan fingerprint density at radius 3 is 2.56 bits per heavy atom. The lowest BCUT2D eigenvalue weighted by Crippen LogP contribution is -2.30. The van der Waals surface area contributed by atoms with E-state index >= 15 is 0 Å². The summed E-state index contributed by atoms with van der Waals surface area (Å²) in [6.45, 7) is 5.03. The quantitative estimate of drug-likeness (QED) is 0.784. The van der Waals surface area contributed by atoms with Crippen LogP contribution < -0.4 is 10.6 Å². The highest BCUT2D eigenvalue weighted by Gasteiger charge is 2.35. The second-order valence-corrected chi connectivity index (χ2v) is 7.50. The highest BCUT2D eigenvalue weighted by atomic mass is 16.5. The Kier molecular flexibility index (Phi) is 5.32. The van der Waals surface area contributed by atoms with Crippen molar-refractivity contribution in [3.8, 4) is 0 Å². The van der Waals surface area contributed by atoms with E-state index in [9.17, 15) is 9.59 Å². The maximum absolute atomic E-state index is 12.8. The monoisotopic (exact) mass is 370 g/mol. The van der Waals surface area contributed by atoms with Crippen LogP contribution in [-0.4, -0.2) is 41.9 Å². The van der Waals surface area contributed by atoms with E-state index in [0.29, 0.717) is 12.2 Å². The van der Waals surface area contributed by atoms with Crippen LogP contribution in [-0.2, 0) is 26.8 Å². The Hall–Kier alpha value is -2.67. The number of esters is 1. The van der Waals surface area contributed by atoms with Gasteiger partial charge in [-0.1, -0.05) is 12.1 Å². The molecule has 0 radical (unpaired) electrons. The lowest BCUT2D eigenvalue weighted by molar-refractivity contribution is -0.146. The molecule has 0 saturated carbocycles. The van der Waals surface area contributed by atoms with Gasteiger partial charge in [0.1, 0.15) is 0 Å². The fourth-order valence-corrected chi connectivity index (χ4v) is 3.51. The van der Waals surface area contributed by atoms with E-state index in [2.05, 4.69) is 15.7 Å². The standard InChI is InChI=1S/C20H26N4O3/c1-20(2,19(26)27-4)14-5-7-15(8-6-14)23-18(25)17-11-21-10-16(17)13-9-22-24(3)12-13/h5-9,12,16-17,21H,10-11H2,1-4H3,(H,23,25)/t16-,17+/m1/s1. The summed E-state index contributed by atoms with van der Waals surface area (Å²) in [5, 5.41) is 10.5. The van der Waals surface area contributed by atoms with E-state index < -0.39 is 5.41 Å². The van der Waals surface area contributed by atoms with Gasteiger partial charge in [-0.05, 0) is 37.1 Å². The Labute approximate surface area is 159 Å². The van der Waals surface area contributed by atoms with Gasteiger partial charge >= 0.3 is 5.97 Å². The first-order chi connectivity index (χ1) is 12.8. The molecule has 0 unspecified atom stereocenters. The van der Waals surface area contributed by atoms with Gasteiger partial charge in [0.2, 0.25) is 5.91 Å². The van der Waals surface area contributed by atoms with Crippen LogP contribution in [0.1, 0.15) is 30.9 Å². The molecule has 0 spiro atoms. The molecule has 27 heavy (non-hydrogen) atoms. The number of carbonyl (C=O) groups is 2. The first-order valence-corrected chi connectivity index (χ1v) is 9.02. The SMILES string of the molecule is COC(=O)C(C)(C)c1ccc(NC(=O)[C@H]2CNC[C@@H]2c2cnn(C)c2)cc1. The normalized spacial score (nSPS) is 19.7. The summed E-state index contributed by atoms with van der Waals surface area (Å²) in [4.78, 5) is 24.7. The number of aryl methyl sites for hydroxylation is 1. The van der Waals surface area contributed by atoms with Crippen molar-refractivity contribution in [2.45, 2.75) is 25.2 Å². The van der Waals surface area contributed by atoms with Crippen LogP contribution in [0.3, 0.4) is 0 Å². The number of methoxy groups -OCH3 is 1. The number of ether oxygens (including phenoxy) is 1. The summed E-state index contributed by atoms with van der Waals surface area (Å²) in [6.07, 6.45) is 3.78. The van der Waals surface area contributed by atoms with Gasteiger partial charge in [-0.15, -0.1) is 0 Å². The van der Waals surface area contributed by atoms with Crippen molar-refractivity contribution in [2.75, 3.05) is 25.5 Å². The van der Waals surface area contributed by atoms with Crippen LogP contribution in [0.25, 0.3) is 0 Å². The molecule has 1 aromatic carbocycles. The highest BCUT2D eigenvalue weighted by molar-refractivity contribution is 5.93. The van der Waals surface area contributed by atoms with Crippen LogP contribution >= 0.6 is 0 Å². The maximum atomic E-state index is 12.8. The molecule has 144 valence electrons. The summed E-state index contributed by atoms with van der Waals surface area (Å²) < 4.78 is 6.62. The number of amides is 1. The molecule has 3 rings (SSSR count). The first kappa shape index (κ1) is 19.1. The molecule has 1 aliphatic rings. The topological polar surface area (TPSA) is 85.2 Å². The molecule has 2 atom stereocenters. The molecule has 1 fully saturated rings. The lowest BCUT2D eigenvalue weighted by Gasteiger charge is -2.22. The number of anilines is 1. The second-order valence-electron chi connectivity index (χ2n) is 7.50. The third-order valence-electron chi connectivity index (χ3n) is 5.27. The molecular formula is C20H26N4O3. The van der Waals surface area contributed by atoms with Crippen LogP contribution in [0.5, 0.6) is 0 Å². The van der Waals surface area contributed by atoms with Gasteiger partial charge in [-0.2, -0.15) is 5.10 Å². The minimum absolute atomic E-state index is 0.0196. The average Bonchev–Trinajstić information content (AvgIpc) is 3.30. The Balaban J connectivity index is 1.70. The molecule has 1 aliphatic heterocycles. The zero-order valence-electron chi connectivity index (χ0n) is 16.2. The second kappa shape index (κ2) is 7.52. The number of hydrogen-bond donors (Lipinski definition) is 2. The summed E-state index contributed by atoms with van der Waals surface area (Å²) >= 11 is 0. The number of rotatable bonds is 5. The molecule has 7 heteroatoms. The average molecular weight is 370 g/mol. The van der Waals surface area contributed by atoms with Crippen LogP contribution in [0.4, 0.5) is 5.69 Å². The Bertz CT molecular complexity index is 826. The van der Waals surface area contributed by atoms with Crippen molar-refractivity contribution in [3.05, 3.63) is 47.8 Å². The number of nitrogens with zero attached hydrogens (tertiary/aromatic N) is 2. The molecular weight excluding hydrogens is 344 g/mol. The molecule has 1 aromatic heterocycles. The summed E-state index contributed by atoms with van der Waals surface area (Å²) in [7, 11) is 3.26. The van der Waals surface area contributed by atoms with Crippen molar-refractivity contribution in [1.29, 1.82) is 0 Å². The molecule has 2 N–H and O–H groups in total. The molecule has 0 aliphatic carbocycles. The van der Waals surface area contributed by atoms with E-state index in [4.69, 9.17) is 4.74 Å². The van der Waals surface area contributed by atoms with Crippen LogP contribution in [0.2, 0.25) is 0 Å². The number of nitrogens with one attached hydrogen (secondary N) is 2. The van der Waals surface area contributed by atoms with Crippen LogP contribution in [0.15, 0.2) is 36.7 Å². The third-order valence-corrected chi connectivity index (χ3v) is 5.27. The van der Waals surface area contributed by atoms with Gasteiger partial charge in [0, 0.05) is 37.9 Å². The van der Waals surface area contributed by atoms with E-state index in [0.717, 1.165) is 17.7 Å². The maximum Gasteiger partial charge on any atom is 0.315 e. The molecule has 0 bridgehead atoms. The van der Waals surface area contributed by atoms with Gasteiger partial charge in [-0.3, -0.25) is 14.3 Å². The number of aromatic nitrogens is 2. The summed E-state index contributed by atoms with van der Waals surface area (Å²) in [6, 6.07) is 7.33. The predicted molar refractivity (Wildman–Crippen MR) is 102 cm³/mol. The smallest absolute Gasteiger partial charge is 0.315 e. The van der Waals surface area contributed by atoms with E-state index in [-0.39, 0.29) is 23.7 Å². The lowest BCUT2D eigenvalue weighted by atomic mass is 9.84. The number of benzene rings is 1. The van der Waals surface area contributed by atoms with Gasteiger partial charge in [0.05, 0.1) is 24.6 Å². The van der Waals surface area contributed by atoms with E-state index in [1.807, 2.05) is 57.6 Å². The molecule has 2 heterocycles. The van der Waals surface area contributed by atoms with E-state index in [1.165, 1.54) is 7.11 Å². The zero-order valence-corrected chi connectivity index (χ0v) is 16.2. The molecule has 7 nitrogen and oxygen atoms in total. The Morgan fingerprint density at radius 2 is 1.96 bits per heavy atom. The third kappa shape index (κ3) is 3.88. The predicted octanol–water partition coefficient (Wildman–Crippen LogP) is 1.81. The van der Waals surface area contributed by atoms with Crippen molar-refractivity contribution < 1.29 is 14.3 Å². The zero-order chi connectivity index (χ0) is 19.6. The highest BCUT2D eigenvalue weighted by Crippen LogP contribution is 2.30. The largest absolute Gasteiger partial charge is 0.468 e. The number of carbonyl (C=O) groups excluding carboxylic acids is 2.